The zero-order valence-electron chi connectivity index (χ0n) is 15.5. The molecule has 0 fully saturated rings. The Bertz CT molecular complexity index is 1020. The average Bonchev–Trinajstić information content (AvgIpc) is 2.90. The van der Waals surface area contributed by atoms with Crippen LogP contribution in [0.1, 0.15) is 51.3 Å². The van der Waals surface area contributed by atoms with Crippen molar-refractivity contribution in [1.29, 1.82) is 0 Å². The van der Waals surface area contributed by atoms with Gasteiger partial charge in [-0.15, -0.1) is 0 Å². The lowest BCUT2D eigenvalue weighted by molar-refractivity contribution is 0.0571. The van der Waals surface area contributed by atoms with Crippen molar-refractivity contribution in [2.45, 2.75) is 26.4 Å². The summed E-state index contributed by atoms with van der Waals surface area (Å²) in [4.78, 5) is 25.1. The fourth-order valence-corrected chi connectivity index (χ4v) is 3.59. The van der Waals surface area contributed by atoms with Gasteiger partial charge in [-0.3, -0.25) is 4.79 Å². The first kappa shape index (κ1) is 18.1. The number of rotatable bonds is 3. The van der Waals surface area contributed by atoms with Crippen LogP contribution in [0.3, 0.4) is 0 Å². The zero-order valence-corrected chi connectivity index (χ0v) is 15.5. The summed E-state index contributed by atoms with van der Waals surface area (Å²) in [7, 11) is 1.37. The van der Waals surface area contributed by atoms with E-state index < -0.39 is 12.1 Å². The maximum absolute atomic E-state index is 12.6. The summed E-state index contributed by atoms with van der Waals surface area (Å²) in [5, 5.41) is 21.1. The largest absolute Gasteiger partial charge is 0.507 e. The number of phenols is 2. The average molecular weight is 386 g/mol. The molecule has 0 unspecified atom stereocenters. The molecular weight excluding hydrogens is 368 g/mol. The zero-order chi connectivity index (χ0) is 20.2. The van der Waals surface area contributed by atoms with Gasteiger partial charge in [0.15, 0.2) is 28.8 Å². The molecule has 1 atom stereocenters. The second kappa shape index (κ2) is 6.42. The number of phenolic OH excluding ortho intramolecular Hbond substituents is 2. The highest BCUT2D eigenvalue weighted by molar-refractivity contribution is 6.06. The molecule has 0 saturated heterocycles. The molecule has 146 valence electrons. The van der Waals surface area contributed by atoms with Crippen molar-refractivity contribution >= 4 is 11.8 Å². The molecule has 1 aliphatic heterocycles. The van der Waals surface area contributed by atoms with E-state index in [1.54, 1.807) is 6.92 Å². The highest BCUT2D eigenvalue weighted by Crippen LogP contribution is 2.55. The molecule has 0 spiro atoms. The van der Waals surface area contributed by atoms with Gasteiger partial charge in [0.1, 0.15) is 11.3 Å². The molecule has 2 aromatic rings. The summed E-state index contributed by atoms with van der Waals surface area (Å²) in [6.07, 6.45) is -0.637. The van der Waals surface area contributed by atoms with Crippen LogP contribution in [0.4, 0.5) is 0 Å². The fraction of sp³-hybridized carbons (Fsp3) is 0.300. The minimum Gasteiger partial charge on any atom is -0.507 e. The molecule has 4 rings (SSSR count). The number of ether oxygens (including phenoxy) is 4. The number of benzene rings is 2. The summed E-state index contributed by atoms with van der Waals surface area (Å²) in [6.45, 7) is 3.63. The van der Waals surface area contributed by atoms with Crippen LogP contribution in [0.15, 0.2) is 12.1 Å². The predicted molar refractivity (Wildman–Crippen MR) is 95.8 cm³/mol. The maximum Gasteiger partial charge on any atom is 0.347 e. The Hall–Kier alpha value is -3.26. The van der Waals surface area contributed by atoms with Gasteiger partial charge < -0.3 is 29.2 Å². The van der Waals surface area contributed by atoms with Crippen molar-refractivity contribution in [2.75, 3.05) is 13.7 Å². The van der Waals surface area contributed by atoms with Crippen molar-refractivity contribution in [2.24, 2.45) is 0 Å². The first-order chi connectivity index (χ1) is 13.4. The Kier molecular flexibility index (Phi) is 4.15. The lowest BCUT2D eigenvalue weighted by atomic mass is 10.0. The predicted octanol–water partition coefficient (Wildman–Crippen LogP) is 3.40. The Morgan fingerprint density at radius 2 is 1.86 bits per heavy atom. The molecule has 0 aromatic heterocycles. The molecule has 8 heteroatoms. The molecule has 28 heavy (non-hydrogen) atoms. The number of hydrogen-bond acceptors (Lipinski definition) is 8. The van der Waals surface area contributed by atoms with Crippen LogP contribution in [0, 0.1) is 6.92 Å². The molecule has 8 nitrogen and oxygen atoms in total. The number of fused-ring (bicyclic) bond motifs is 4. The number of ketones is 1. The van der Waals surface area contributed by atoms with Gasteiger partial charge in [-0.25, -0.2) is 4.79 Å². The normalized spacial score (nSPS) is 17.2. The fourth-order valence-electron chi connectivity index (χ4n) is 3.59. The molecule has 1 heterocycles. The van der Waals surface area contributed by atoms with Gasteiger partial charge in [0.25, 0.3) is 0 Å². The van der Waals surface area contributed by atoms with Gasteiger partial charge in [-0.2, -0.15) is 0 Å². The summed E-state index contributed by atoms with van der Waals surface area (Å²) < 4.78 is 22.1. The molecule has 0 saturated carbocycles. The van der Waals surface area contributed by atoms with Gasteiger partial charge in [0, 0.05) is 24.2 Å². The number of esters is 1. The van der Waals surface area contributed by atoms with E-state index in [1.165, 1.54) is 26.2 Å². The van der Waals surface area contributed by atoms with Crippen LogP contribution in [-0.2, 0) is 4.74 Å². The first-order valence-corrected chi connectivity index (χ1v) is 8.73. The van der Waals surface area contributed by atoms with Crippen LogP contribution < -0.4 is 14.2 Å². The second-order valence-electron chi connectivity index (χ2n) is 6.48. The van der Waals surface area contributed by atoms with Crippen molar-refractivity contribution in [3.05, 3.63) is 34.4 Å². The highest BCUT2D eigenvalue weighted by atomic mass is 16.6. The van der Waals surface area contributed by atoms with E-state index in [0.29, 0.717) is 12.2 Å². The number of carbonyl (C=O) groups excluding carboxylic acids is 2. The number of carbonyl (C=O) groups is 2. The lowest BCUT2D eigenvalue weighted by Crippen LogP contribution is -2.09. The van der Waals surface area contributed by atoms with E-state index in [2.05, 4.69) is 0 Å². The Morgan fingerprint density at radius 1 is 1.11 bits per heavy atom. The minimum absolute atomic E-state index is 0.0144. The van der Waals surface area contributed by atoms with E-state index in [0.717, 1.165) is 0 Å². The van der Waals surface area contributed by atoms with Crippen molar-refractivity contribution in [3.63, 3.8) is 0 Å². The van der Waals surface area contributed by atoms with E-state index in [1.807, 2.05) is 0 Å². The van der Waals surface area contributed by atoms with Crippen LogP contribution in [0.2, 0.25) is 0 Å². The Balaban J connectivity index is 2.02. The number of methoxy groups -OCH3 is 1. The Labute approximate surface area is 160 Å². The molecule has 0 bridgehead atoms. The van der Waals surface area contributed by atoms with Crippen LogP contribution in [-0.4, -0.2) is 35.7 Å². The van der Waals surface area contributed by atoms with Crippen LogP contribution in [0.25, 0.3) is 0 Å². The third kappa shape index (κ3) is 2.41. The number of hydrogen-bond donors (Lipinski definition) is 2. The maximum atomic E-state index is 12.6. The first-order valence-electron chi connectivity index (χ1n) is 8.73. The third-order valence-corrected chi connectivity index (χ3v) is 4.93. The lowest BCUT2D eigenvalue weighted by Gasteiger charge is -2.19. The molecule has 0 amide bonds. The van der Waals surface area contributed by atoms with E-state index >= 15 is 0 Å². The van der Waals surface area contributed by atoms with Crippen molar-refractivity contribution in [1.82, 2.24) is 0 Å². The summed E-state index contributed by atoms with van der Waals surface area (Å²) in [5.74, 6) is -1.71. The standard InChI is InChI=1S/C20H18O8/c1-4-26-12-7-10(21)13-14(12)19-17(8(2)15(13)22)28-20(24)9-5-6-11(25-3)16(23)18(9)27-19/h5-6,12,22-23H,4,7H2,1-3H3/t12-/m0/s1. The third-order valence-electron chi connectivity index (χ3n) is 4.93. The smallest absolute Gasteiger partial charge is 0.347 e. The van der Waals surface area contributed by atoms with Gasteiger partial charge in [-0.05, 0) is 26.0 Å². The van der Waals surface area contributed by atoms with E-state index in [-0.39, 0.29) is 63.4 Å². The van der Waals surface area contributed by atoms with E-state index in [4.69, 9.17) is 18.9 Å². The number of Topliss-reactive ketones (excluding diaryl/α,β-unsaturated/α-hetero) is 1. The molecule has 0 radical (unpaired) electrons. The molecule has 2 N–H and O–H groups in total. The quantitative estimate of drug-likeness (QED) is 0.610. The van der Waals surface area contributed by atoms with Gasteiger partial charge in [-0.1, -0.05) is 0 Å². The van der Waals surface area contributed by atoms with Crippen LogP contribution in [0.5, 0.6) is 34.5 Å². The minimum atomic E-state index is -0.772. The molecule has 1 aliphatic carbocycles. The van der Waals surface area contributed by atoms with Crippen LogP contribution >= 0.6 is 0 Å². The Morgan fingerprint density at radius 3 is 2.54 bits per heavy atom. The second-order valence-corrected chi connectivity index (χ2v) is 6.48. The topological polar surface area (TPSA) is 112 Å². The summed E-state index contributed by atoms with van der Waals surface area (Å²) in [6, 6.07) is 2.82. The summed E-state index contributed by atoms with van der Waals surface area (Å²) in [5.41, 5.74) is 0.552. The number of aromatic hydroxyl groups is 2. The van der Waals surface area contributed by atoms with Gasteiger partial charge >= 0.3 is 5.97 Å². The monoisotopic (exact) mass is 386 g/mol. The molecule has 2 aromatic carbocycles. The summed E-state index contributed by atoms with van der Waals surface area (Å²) >= 11 is 0. The van der Waals surface area contributed by atoms with Crippen molar-refractivity contribution < 1.29 is 38.7 Å². The van der Waals surface area contributed by atoms with Gasteiger partial charge in [0.05, 0.1) is 18.8 Å². The highest BCUT2D eigenvalue weighted by Gasteiger charge is 2.41. The molecular formula is C20H18O8. The van der Waals surface area contributed by atoms with Gasteiger partial charge in [0.2, 0.25) is 5.75 Å². The van der Waals surface area contributed by atoms with Crippen molar-refractivity contribution in [3.8, 4) is 34.5 Å². The SMILES string of the molecule is CCO[C@H]1CC(=O)c2c(O)c(C)c3c(c21)Oc1c(ccc(OC)c1O)C(=O)O3. The molecule has 2 aliphatic rings. The van der Waals surface area contributed by atoms with E-state index in [9.17, 15) is 19.8 Å².